The number of hydrogen-bond acceptors (Lipinski definition) is 5. The number of nitrogens with zero attached hydrogens (tertiary/aromatic N) is 4. The van der Waals surface area contributed by atoms with Crippen molar-refractivity contribution in [2.24, 2.45) is 11.8 Å². The fourth-order valence-electron chi connectivity index (χ4n) is 4.35. The van der Waals surface area contributed by atoms with Crippen LogP contribution in [0.15, 0.2) is 24.3 Å². The van der Waals surface area contributed by atoms with Gasteiger partial charge in [0, 0.05) is 38.0 Å². The Bertz CT molecular complexity index is 898. The molecule has 0 amide bonds. The van der Waals surface area contributed by atoms with Gasteiger partial charge in [0.25, 0.3) is 0 Å². The topological polar surface area (TPSA) is 82.7 Å². The van der Waals surface area contributed by atoms with E-state index in [0.29, 0.717) is 18.4 Å². The molecule has 26 heavy (non-hydrogen) atoms. The summed E-state index contributed by atoms with van der Waals surface area (Å²) in [6.45, 7) is 3.49. The summed E-state index contributed by atoms with van der Waals surface area (Å²) in [5.74, 6) is 3.64. The number of aromatic nitrogens is 5. The Labute approximate surface area is 152 Å². The second kappa shape index (κ2) is 6.48. The molecule has 1 aliphatic carbocycles. The summed E-state index contributed by atoms with van der Waals surface area (Å²) >= 11 is 0. The third-order valence-corrected chi connectivity index (χ3v) is 5.75. The Kier molecular flexibility index (Phi) is 3.98. The van der Waals surface area contributed by atoms with Crippen molar-refractivity contribution in [3.63, 3.8) is 0 Å². The van der Waals surface area contributed by atoms with Crippen molar-refractivity contribution in [3.05, 3.63) is 41.6 Å². The summed E-state index contributed by atoms with van der Waals surface area (Å²) in [4.78, 5) is 7.21. The van der Waals surface area contributed by atoms with Crippen LogP contribution in [-0.4, -0.2) is 50.5 Å². The third kappa shape index (κ3) is 2.91. The predicted octanol–water partition coefficient (Wildman–Crippen LogP) is 2.45. The Morgan fingerprint density at radius 1 is 1.15 bits per heavy atom. The molecule has 1 aromatic carbocycles. The first-order chi connectivity index (χ1) is 12.8. The highest BCUT2D eigenvalue weighted by atomic mass is 16.5. The summed E-state index contributed by atoms with van der Waals surface area (Å²) in [7, 11) is 1.68. The van der Waals surface area contributed by atoms with Crippen LogP contribution in [0.1, 0.15) is 36.1 Å². The lowest BCUT2D eigenvalue weighted by Gasteiger charge is -2.14. The van der Waals surface area contributed by atoms with E-state index in [2.05, 4.69) is 48.5 Å². The lowest BCUT2D eigenvalue weighted by atomic mass is 9.91. The summed E-state index contributed by atoms with van der Waals surface area (Å²) in [5, 5.41) is 16.4. The molecule has 1 aliphatic heterocycles. The average Bonchev–Trinajstić information content (AvgIpc) is 3.07. The van der Waals surface area contributed by atoms with Gasteiger partial charge in [-0.05, 0) is 30.7 Å². The van der Waals surface area contributed by atoms with E-state index < -0.39 is 0 Å². The fraction of sp³-hybridized carbons (Fsp3) is 0.526. The smallest absolute Gasteiger partial charge is 0.155 e. The van der Waals surface area contributed by atoms with Crippen LogP contribution in [0.4, 0.5) is 0 Å². The van der Waals surface area contributed by atoms with E-state index >= 15 is 0 Å². The van der Waals surface area contributed by atoms with Gasteiger partial charge in [-0.15, -0.1) is 0 Å². The van der Waals surface area contributed by atoms with Crippen molar-refractivity contribution in [2.75, 3.05) is 20.2 Å². The summed E-state index contributed by atoms with van der Waals surface area (Å²) in [5.41, 5.74) is 2.24. The number of likely N-dealkylation sites (tertiary alicyclic amines) is 1. The Morgan fingerprint density at radius 3 is 2.88 bits per heavy atom. The van der Waals surface area contributed by atoms with E-state index in [1.165, 1.54) is 23.9 Å². The molecule has 0 spiro atoms. The van der Waals surface area contributed by atoms with Gasteiger partial charge in [0.15, 0.2) is 11.6 Å². The summed E-state index contributed by atoms with van der Waals surface area (Å²) in [6, 6.07) is 8.31. The quantitative estimate of drug-likeness (QED) is 0.712. The van der Waals surface area contributed by atoms with Crippen LogP contribution in [0.25, 0.3) is 10.9 Å². The van der Waals surface area contributed by atoms with E-state index in [0.717, 1.165) is 42.7 Å². The SMILES string of the molecule is COCc1nc([C@H]2CN(Cc3[nH]nc4ccccc34)C[C@@H]2C2CC2)n[nH]1. The van der Waals surface area contributed by atoms with Crippen LogP contribution in [-0.2, 0) is 17.9 Å². The van der Waals surface area contributed by atoms with Crippen LogP contribution >= 0.6 is 0 Å². The molecule has 136 valence electrons. The second-order valence-electron chi connectivity index (χ2n) is 7.59. The maximum absolute atomic E-state index is 5.17. The number of H-pyrrole nitrogens is 2. The zero-order valence-electron chi connectivity index (χ0n) is 15.0. The predicted molar refractivity (Wildman–Crippen MR) is 97.4 cm³/mol. The van der Waals surface area contributed by atoms with Gasteiger partial charge in [-0.1, -0.05) is 18.2 Å². The molecular formula is C19H24N6O. The first-order valence-electron chi connectivity index (χ1n) is 9.36. The van der Waals surface area contributed by atoms with Gasteiger partial charge in [-0.2, -0.15) is 10.2 Å². The lowest BCUT2D eigenvalue weighted by Crippen LogP contribution is -2.21. The minimum Gasteiger partial charge on any atom is -0.377 e. The van der Waals surface area contributed by atoms with Crippen molar-refractivity contribution >= 4 is 10.9 Å². The second-order valence-corrected chi connectivity index (χ2v) is 7.59. The van der Waals surface area contributed by atoms with Crippen LogP contribution in [0.2, 0.25) is 0 Å². The van der Waals surface area contributed by atoms with Gasteiger partial charge in [0.1, 0.15) is 6.61 Å². The van der Waals surface area contributed by atoms with Crippen LogP contribution < -0.4 is 0 Å². The minimum atomic E-state index is 0.401. The van der Waals surface area contributed by atoms with Crippen LogP contribution in [0.3, 0.4) is 0 Å². The molecule has 2 atom stereocenters. The lowest BCUT2D eigenvalue weighted by molar-refractivity contribution is 0.178. The monoisotopic (exact) mass is 352 g/mol. The molecule has 3 aromatic rings. The minimum absolute atomic E-state index is 0.401. The summed E-state index contributed by atoms with van der Waals surface area (Å²) < 4.78 is 5.17. The highest BCUT2D eigenvalue weighted by Gasteiger charge is 2.44. The van der Waals surface area contributed by atoms with E-state index in [1.807, 2.05) is 6.07 Å². The molecule has 3 heterocycles. The maximum atomic E-state index is 5.17. The fourth-order valence-corrected chi connectivity index (χ4v) is 4.35. The molecule has 7 heteroatoms. The Balaban J connectivity index is 1.36. The number of aromatic amines is 2. The average molecular weight is 352 g/mol. The number of ether oxygens (including phenoxy) is 1. The molecule has 2 fully saturated rings. The van der Waals surface area contributed by atoms with Crippen molar-refractivity contribution in [3.8, 4) is 0 Å². The molecule has 2 aromatic heterocycles. The molecule has 0 radical (unpaired) electrons. The van der Waals surface area contributed by atoms with Crippen LogP contribution in [0.5, 0.6) is 0 Å². The van der Waals surface area contributed by atoms with Gasteiger partial charge < -0.3 is 4.74 Å². The van der Waals surface area contributed by atoms with Crippen LogP contribution in [0, 0.1) is 11.8 Å². The number of hydrogen-bond donors (Lipinski definition) is 2. The highest BCUT2D eigenvalue weighted by molar-refractivity contribution is 5.81. The normalized spacial score (nSPS) is 23.9. The van der Waals surface area contributed by atoms with E-state index in [-0.39, 0.29) is 0 Å². The third-order valence-electron chi connectivity index (χ3n) is 5.75. The molecular weight excluding hydrogens is 328 g/mol. The molecule has 2 N–H and O–H groups in total. The van der Waals surface area contributed by atoms with Gasteiger partial charge in [0.05, 0.1) is 11.2 Å². The number of benzene rings is 1. The van der Waals surface area contributed by atoms with E-state index in [9.17, 15) is 0 Å². The molecule has 0 unspecified atom stereocenters. The van der Waals surface area contributed by atoms with Crippen molar-refractivity contribution < 1.29 is 4.74 Å². The molecule has 5 rings (SSSR count). The van der Waals surface area contributed by atoms with Crippen molar-refractivity contribution in [2.45, 2.75) is 31.9 Å². The summed E-state index contributed by atoms with van der Waals surface area (Å²) in [6.07, 6.45) is 2.69. The standard InChI is InChI=1S/C19H24N6O/c1-26-11-18-20-19(24-23-18)15-9-25(8-14(15)12-6-7-12)10-17-13-4-2-3-5-16(13)21-22-17/h2-5,12,14-15H,6-11H2,1H3,(H,21,22)(H,20,23,24)/t14-,15+/m1/s1. The maximum Gasteiger partial charge on any atom is 0.155 e. The van der Waals surface area contributed by atoms with Crippen molar-refractivity contribution in [1.29, 1.82) is 0 Å². The van der Waals surface area contributed by atoms with Gasteiger partial charge in [-0.3, -0.25) is 15.1 Å². The zero-order chi connectivity index (χ0) is 17.5. The number of methoxy groups -OCH3 is 1. The number of rotatable bonds is 6. The Morgan fingerprint density at radius 2 is 2.04 bits per heavy atom. The zero-order valence-corrected chi connectivity index (χ0v) is 15.0. The number of fused-ring (bicyclic) bond motifs is 1. The molecule has 0 bridgehead atoms. The number of nitrogens with one attached hydrogen (secondary N) is 2. The molecule has 2 aliphatic rings. The molecule has 7 nitrogen and oxygen atoms in total. The van der Waals surface area contributed by atoms with Gasteiger partial charge in [-0.25, -0.2) is 4.98 Å². The first kappa shape index (κ1) is 16.0. The first-order valence-corrected chi connectivity index (χ1v) is 9.36. The van der Waals surface area contributed by atoms with Crippen molar-refractivity contribution in [1.82, 2.24) is 30.3 Å². The molecule has 1 saturated carbocycles. The van der Waals surface area contributed by atoms with Gasteiger partial charge in [0.2, 0.25) is 0 Å². The van der Waals surface area contributed by atoms with E-state index in [4.69, 9.17) is 4.74 Å². The number of para-hydroxylation sites is 1. The van der Waals surface area contributed by atoms with Gasteiger partial charge >= 0.3 is 0 Å². The van der Waals surface area contributed by atoms with E-state index in [1.54, 1.807) is 7.11 Å². The highest BCUT2D eigenvalue weighted by Crippen LogP contribution is 2.47. The Hall–Kier alpha value is -2.25. The molecule has 1 saturated heterocycles. The largest absolute Gasteiger partial charge is 0.377 e.